The van der Waals surface area contributed by atoms with Gasteiger partial charge in [-0.3, -0.25) is 4.72 Å². The maximum Gasteiger partial charge on any atom is 0.301 e. The molecular weight excluding hydrogens is 332 g/mol. The van der Waals surface area contributed by atoms with Crippen LogP contribution in [0.1, 0.15) is 17.5 Å². The van der Waals surface area contributed by atoms with E-state index >= 15 is 0 Å². The molecule has 0 unspecified atom stereocenters. The van der Waals surface area contributed by atoms with E-state index in [-0.39, 0.29) is 13.2 Å². The van der Waals surface area contributed by atoms with Crippen molar-refractivity contribution in [3.8, 4) is 0 Å². The molecule has 7 heteroatoms. The lowest BCUT2D eigenvalue weighted by atomic mass is 10.1. The van der Waals surface area contributed by atoms with Crippen molar-refractivity contribution in [3.63, 3.8) is 0 Å². The van der Waals surface area contributed by atoms with Crippen molar-refractivity contribution in [1.82, 2.24) is 4.31 Å². The van der Waals surface area contributed by atoms with Gasteiger partial charge in [0.2, 0.25) is 0 Å². The highest BCUT2D eigenvalue weighted by Crippen LogP contribution is 2.28. The SMILES string of the molecule is Cc1cc(C)c(NS(=O)(=O)N(C)CCCO)c(Br)c1. The van der Waals surface area contributed by atoms with E-state index in [1.54, 1.807) is 0 Å². The topological polar surface area (TPSA) is 69.6 Å². The summed E-state index contributed by atoms with van der Waals surface area (Å²) >= 11 is 3.37. The molecule has 0 radical (unpaired) electrons. The molecule has 0 amide bonds. The molecule has 0 aliphatic carbocycles. The van der Waals surface area contributed by atoms with Gasteiger partial charge in [-0.2, -0.15) is 12.7 Å². The molecule has 1 aromatic carbocycles. The van der Waals surface area contributed by atoms with Gasteiger partial charge in [0.15, 0.2) is 0 Å². The number of benzene rings is 1. The summed E-state index contributed by atoms with van der Waals surface area (Å²) in [7, 11) is -2.12. The summed E-state index contributed by atoms with van der Waals surface area (Å²) in [5, 5.41) is 8.74. The summed E-state index contributed by atoms with van der Waals surface area (Å²) in [4.78, 5) is 0. The maximum atomic E-state index is 12.1. The molecule has 0 atom stereocenters. The Kier molecular flexibility index (Phi) is 5.79. The van der Waals surface area contributed by atoms with E-state index < -0.39 is 10.2 Å². The Hall–Kier alpha value is -0.630. The number of aryl methyl sites for hydroxylation is 2. The van der Waals surface area contributed by atoms with Crippen LogP contribution in [-0.4, -0.2) is 38.0 Å². The first kappa shape index (κ1) is 16.4. The van der Waals surface area contributed by atoms with E-state index in [9.17, 15) is 8.42 Å². The molecule has 19 heavy (non-hydrogen) atoms. The van der Waals surface area contributed by atoms with E-state index in [1.165, 1.54) is 11.4 Å². The lowest BCUT2D eigenvalue weighted by Crippen LogP contribution is -2.34. The monoisotopic (exact) mass is 350 g/mol. The Morgan fingerprint density at radius 1 is 1.37 bits per heavy atom. The minimum atomic E-state index is -3.60. The third-order valence-electron chi connectivity index (χ3n) is 2.70. The molecule has 0 aliphatic heterocycles. The van der Waals surface area contributed by atoms with Gasteiger partial charge in [-0.05, 0) is 53.4 Å². The third-order valence-corrected chi connectivity index (χ3v) is 4.79. The predicted octanol–water partition coefficient (Wildman–Crippen LogP) is 2.04. The quantitative estimate of drug-likeness (QED) is 0.824. The lowest BCUT2D eigenvalue weighted by molar-refractivity contribution is 0.276. The molecule has 0 heterocycles. The molecule has 0 aromatic heterocycles. The zero-order valence-electron chi connectivity index (χ0n) is 11.3. The van der Waals surface area contributed by atoms with Crippen molar-refractivity contribution in [2.45, 2.75) is 20.3 Å². The fourth-order valence-corrected chi connectivity index (χ4v) is 3.62. The number of nitrogens with one attached hydrogen (secondary N) is 1. The molecule has 0 fully saturated rings. The summed E-state index contributed by atoms with van der Waals surface area (Å²) in [6.07, 6.45) is 0.408. The standard InChI is InChI=1S/C12H19BrN2O3S/c1-9-7-10(2)12(11(13)8-9)14-19(17,18)15(3)5-4-6-16/h7-8,14,16H,4-6H2,1-3H3. The van der Waals surface area contributed by atoms with Crippen molar-refractivity contribution < 1.29 is 13.5 Å². The van der Waals surface area contributed by atoms with Crippen LogP contribution in [0.3, 0.4) is 0 Å². The summed E-state index contributed by atoms with van der Waals surface area (Å²) in [6, 6.07) is 3.77. The Morgan fingerprint density at radius 2 is 2.00 bits per heavy atom. The first-order chi connectivity index (χ1) is 8.77. The van der Waals surface area contributed by atoms with E-state index in [0.717, 1.165) is 11.1 Å². The van der Waals surface area contributed by atoms with Gasteiger partial charge in [0.05, 0.1) is 5.69 Å². The molecule has 1 rings (SSSR count). The van der Waals surface area contributed by atoms with Gasteiger partial charge >= 0.3 is 10.2 Å². The van der Waals surface area contributed by atoms with Crippen LogP contribution in [0, 0.1) is 13.8 Å². The number of hydrogen-bond acceptors (Lipinski definition) is 3. The minimum absolute atomic E-state index is 0.0346. The van der Waals surface area contributed by atoms with Crippen molar-refractivity contribution >= 4 is 31.8 Å². The van der Waals surface area contributed by atoms with Crippen LogP contribution in [0.2, 0.25) is 0 Å². The Labute approximate surface area is 122 Å². The van der Waals surface area contributed by atoms with Gasteiger partial charge in [0, 0.05) is 24.7 Å². The number of halogens is 1. The van der Waals surface area contributed by atoms with Crippen LogP contribution < -0.4 is 4.72 Å². The van der Waals surface area contributed by atoms with E-state index in [4.69, 9.17) is 5.11 Å². The van der Waals surface area contributed by atoms with E-state index in [1.807, 2.05) is 26.0 Å². The summed E-state index contributed by atoms with van der Waals surface area (Å²) in [5.41, 5.74) is 2.45. The number of hydrogen-bond donors (Lipinski definition) is 2. The van der Waals surface area contributed by atoms with Gasteiger partial charge in [0.1, 0.15) is 0 Å². The van der Waals surface area contributed by atoms with Gasteiger partial charge in [-0.25, -0.2) is 0 Å². The number of nitrogens with zero attached hydrogens (tertiary/aromatic N) is 1. The molecule has 2 N–H and O–H groups in total. The van der Waals surface area contributed by atoms with Crippen LogP contribution in [0.25, 0.3) is 0 Å². The van der Waals surface area contributed by atoms with Crippen molar-refractivity contribution in [3.05, 3.63) is 27.7 Å². The third kappa shape index (κ3) is 4.45. The van der Waals surface area contributed by atoms with Crippen molar-refractivity contribution in [2.75, 3.05) is 24.9 Å². The molecular formula is C12H19BrN2O3S. The number of aliphatic hydroxyl groups is 1. The maximum absolute atomic E-state index is 12.1. The fraction of sp³-hybridized carbons (Fsp3) is 0.500. The Balaban J connectivity index is 2.96. The highest BCUT2D eigenvalue weighted by Gasteiger charge is 2.19. The van der Waals surface area contributed by atoms with Crippen LogP contribution in [0.4, 0.5) is 5.69 Å². The van der Waals surface area contributed by atoms with E-state index in [0.29, 0.717) is 16.6 Å². The van der Waals surface area contributed by atoms with Crippen LogP contribution in [0.15, 0.2) is 16.6 Å². The van der Waals surface area contributed by atoms with Crippen molar-refractivity contribution in [2.24, 2.45) is 0 Å². The largest absolute Gasteiger partial charge is 0.396 e. The Morgan fingerprint density at radius 3 is 2.53 bits per heavy atom. The summed E-state index contributed by atoms with van der Waals surface area (Å²) in [5.74, 6) is 0. The first-order valence-electron chi connectivity index (χ1n) is 5.89. The first-order valence-corrected chi connectivity index (χ1v) is 8.13. The smallest absolute Gasteiger partial charge is 0.301 e. The minimum Gasteiger partial charge on any atom is -0.396 e. The van der Waals surface area contributed by atoms with Crippen molar-refractivity contribution in [1.29, 1.82) is 0 Å². The molecule has 0 saturated carbocycles. The molecule has 5 nitrogen and oxygen atoms in total. The second-order valence-corrected chi connectivity index (χ2v) is 7.08. The predicted molar refractivity (Wildman–Crippen MR) is 80.5 cm³/mol. The normalized spacial score (nSPS) is 11.9. The average molecular weight is 351 g/mol. The molecule has 1 aromatic rings. The fourth-order valence-electron chi connectivity index (χ4n) is 1.67. The molecule has 108 valence electrons. The van der Waals surface area contributed by atoms with Gasteiger partial charge < -0.3 is 5.11 Å². The van der Waals surface area contributed by atoms with Gasteiger partial charge in [-0.15, -0.1) is 0 Å². The lowest BCUT2D eigenvalue weighted by Gasteiger charge is -2.20. The van der Waals surface area contributed by atoms with Crippen LogP contribution in [-0.2, 0) is 10.2 Å². The van der Waals surface area contributed by atoms with Crippen LogP contribution >= 0.6 is 15.9 Å². The number of anilines is 1. The second-order valence-electron chi connectivity index (χ2n) is 4.44. The molecule has 0 spiro atoms. The van der Waals surface area contributed by atoms with Crippen LogP contribution in [0.5, 0.6) is 0 Å². The summed E-state index contributed by atoms with van der Waals surface area (Å²) in [6.45, 7) is 4.04. The highest BCUT2D eigenvalue weighted by atomic mass is 79.9. The highest BCUT2D eigenvalue weighted by molar-refractivity contribution is 9.10. The zero-order valence-corrected chi connectivity index (χ0v) is 13.7. The molecule has 0 bridgehead atoms. The zero-order chi connectivity index (χ0) is 14.6. The summed E-state index contributed by atoms with van der Waals surface area (Å²) < 4.78 is 28.7. The number of aliphatic hydroxyl groups excluding tert-OH is 1. The second kappa shape index (κ2) is 6.69. The average Bonchev–Trinajstić information content (AvgIpc) is 2.30. The number of rotatable bonds is 6. The Bertz CT molecular complexity index is 523. The molecule has 0 saturated heterocycles. The van der Waals surface area contributed by atoms with Gasteiger partial charge in [0.25, 0.3) is 0 Å². The van der Waals surface area contributed by atoms with Gasteiger partial charge in [-0.1, -0.05) is 6.07 Å². The van der Waals surface area contributed by atoms with E-state index in [2.05, 4.69) is 20.7 Å². The molecule has 0 aliphatic rings.